The van der Waals surface area contributed by atoms with Gasteiger partial charge in [0.05, 0.1) is 17.4 Å². The third-order valence-corrected chi connectivity index (χ3v) is 8.83. The van der Waals surface area contributed by atoms with Gasteiger partial charge in [0.1, 0.15) is 5.00 Å². The number of carboxylic acids is 1. The van der Waals surface area contributed by atoms with Gasteiger partial charge in [-0.2, -0.15) is 0 Å². The zero-order valence-electron chi connectivity index (χ0n) is 17.9. The highest BCUT2D eigenvalue weighted by Gasteiger charge is 2.48. The van der Waals surface area contributed by atoms with Crippen molar-refractivity contribution >= 4 is 34.1 Å². The Morgan fingerprint density at radius 3 is 2.39 bits per heavy atom. The van der Waals surface area contributed by atoms with Gasteiger partial charge in [-0.15, -0.1) is 11.3 Å². The first-order chi connectivity index (χ1) is 15.0. The molecule has 1 aromatic rings. The fourth-order valence-corrected chi connectivity index (χ4v) is 7.06. The van der Waals surface area contributed by atoms with E-state index in [0.29, 0.717) is 16.5 Å². The molecule has 0 unspecified atom stereocenters. The molecule has 5 atom stereocenters. The highest BCUT2D eigenvalue weighted by molar-refractivity contribution is 7.17. The molecule has 166 valence electrons. The molecule has 6 nitrogen and oxygen atoms in total. The van der Waals surface area contributed by atoms with E-state index in [9.17, 15) is 19.5 Å². The number of hydrogen-bond donors (Lipinski definition) is 3. The Labute approximate surface area is 186 Å². The number of hydrogen-bond acceptors (Lipinski definition) is 4. The minimum Gasteiger partial charge on any atom is -0.481 e. The van der Waals surface area contributed by atoms with Crippen molar-refractivity contribution in [3.63, 3.8) is 0 Å². The summed E-state index contributed by atoms with van der Waals surface area (Å²) in [6.07, 6.45) is 11.7. The summed E-state index contributed by atoms with van der Waals surface area (Å²) in [6, 6.07) is 0.245. The van der Waals surface area contributed by atoms with Crippen LogP contribution < -0.4 is 10.6 Å². The Kier molecular flexibility index (Phi) is 5.40. The van der Waals surface area contributed by atoms with Crippen LogP contribution in [-0.4, -0.2) is 28.9 Å². The van der Waals surface area contributed by atoms with E-state index in [0.717, 1.165) is 56.9 Å². The number of fused-ring (bicyclic) bond motifs is 3. The van der Waals surface area contributed by atoms with Gasteiger partial charge in [-0.1, -0.05) is 25.5 Å². The zero-order chi connectivity index (χ0) is 21.7. The molecule has 3 N–H and O–H groups in total. The number of nitrogens with one attached hydrogen (secondary N) is 2. The molecule has 5 aliphatic rings. The van der Waals surface area contributed by atoms with Crippen LogP contribution in [0.5, 0.6) is 0 Å². The Morgan fingerprint density at radius 1 is 1.06 bits per heavy atom. The van der Waals surface area contributed by atoms with Crippen LogP contribution in [0.25, 0.3) is 0 Å². The Hall–Kier alpha value is -2.15. The number of carbonyl (C=O) groups is 3. The van der Waals surface area contributed by atoms with Crippen LogP contribution in [0, 0.1) is 29.6 Å². The van der Waals surface area contributed by atoms with E-state index in [4.69, 9.17) is 0 Å². The van der Waals surface area contributed by atoms with Crippen molar-refractivity contribution in [3.05, 3.63) is 28.2 Å². The average Bonchev–Trinajstić information content (AvgIpc) is 3.51. The predicted molar refractivity (Wildman–Crippen MR) is 119 cm³/mol. The van der Waals surface area contributed by atoms with Crippen LogP contribution in [0.3, 0.4) is 0 Å². The third-order valence-electron chi connectivity index (χ3n) is 7.66. The Morgan fingerprint density at radius 2 is 1.77 bits per heavy atom. The number of rotatable bonds is 6. The van der Waals surface area contributed by atoms with Crippen LogP contribution in [-0.2, 0) is 22.4 Å². The predicted octanol–water partition coefficient (Wildman–Crippen LogP) is 4.01. The van der Waals surface area contributed by atoms with Gasteiger partial charge < -0.3 is 15.7 Å². The summed E-state index contributed by atoms with van der Waals surface area (Å²) >= 11 is 1.52. The lowest BCUT2D eigenvalue weighted by Gasteiger charge is -2.41. The standard InChI is InChI=1S/C24H30N2O4S/c1-2-12-3-10-16-17(11-12)31-23(20(16)22(28)25-15-8-9-15)26-21(27)18-13-4-6-14(7-5-13)19(18)24(29)30/h4,6,12-15,18-19H,2-3,5,7-11H2,1H3,(H,25,28)(H,26,27)(H,29,30)/t12-,13-,14+,18+,19+/m1/s1. The number of amides is 2. The first kappa shape index (κ1) is 20.7. The third kappa shape index (κ3) is 3.81. The molecular weight excluding hydrogens is 412 g/mol. The van der Waals surface area contributed by atoms with E-state index in [1.807, 2.05) is 12.2 Å². The van der Waals surface area contributed by atoms with Crippen molar-refractivity contribution < 1.29 is 19.5 Å². The summed E-state index contributed by atoms with van der Waals surface area (Å²) in [5.74, 6) is -2.03. The summed E-state index contributed by atoms with van der Waals surface area (Å²) in [4.78, 5) is 39.6. The van der Waals surface area contributed by atoms with E-state index in [1.54, 1.807) is 0 Å². The molecular formula is C24H30N2O4S. The Balaban J connectivity index is 1.44. The molecule has 1 heterocycles. The van der Waals surface area contributed by atoms with Gasteiger partial charge in [-0.3, -0.25) is 14.4 Å². The van der Waals surface area contributed by atoms with Gasteiger partial charge in [0.25, 0.3) is 5.91 Å². The molecule has 0 saturated heterocycles. The minimum atomic E-state index is -0.901. The summed E-state index contributed by atoms with van der Waals surface area (Å²) in [6.45, 7) is 2.20. The highest BCUT2D eigenvalue weighted by Crippen LogP contribution is 2.46. The molecule has 2 amide bonds. The van der Waals surface area contributed by atoms with Crippen molar-refractivity contribution in [1.29, 1.82) is 0 Å². The smallest absolute Gasteiger partial charge is 0.307 e. The van der Waals surface area contributed by atoms with Crippen molar-refractivity contribution in [3.8, 4) is 0 Å². The first-order valence-corrected chi connectivity index (χ1v) is 12.4. The minimum absolute atomic E-state index is 0.0473. The SMILES string of the molecule is CC[C@@H]1CCc2c(sc(NC(=O)[C@@H]3[C@@H](C(=O)O)[C@H]4C=C[C@@H]3CC4)c2C(=O)NC2CC2)C1. The fourth-order valence-electron chi connectivity index (χ4n) is 5.70. The maximum Gasteiger partial charge on any atom is 0.307 e. The second-order valence-corrected chi connectivity index (χ2v) is 10.7. The van der Waals surface area contributed by atoms with E-state index in [2.05, 4.69) is 17.6 Å². The van der Waals surface area contributed by atoms with Crippen LogP contribution in [0.4, 0.5) is 5.00 Å². The molecule has 2 bridgehead atoms. The highest BCUT2D eigenvalue weighted by atomic mass is 32.1. The lowest BCUT2D eigenvalue weighted by atomic mass is 9.62. The molecule has 2 fully saturated rings. The van der Waals surface area contributed by atoms with Crippen LogP contribution in [0.15, 0.2) is 12.2 Å². The molecule has 0 radical (unpaired) electrons. The summed E-state index contributed by atoms with van der Waals surface area (Å²) < 4.78 is 0. The number of carboxylic acid groups (broad SMARTS) is 1. The maximum atomic E-state index is 13.4. The molecule has 2 saturated carbocycles. The zero-order valence-corrected chi connectivity index (χ0v) is 18.7. The largest absolute Gasteiger partial charge is 0.481 e. The number of anilines is 1. The second kappa shape index (κ2) is 8.08. The maximum absolute atomic E-state index is 13.4. The topological polar surface area (TPSA) is 95.5 Å². The molecule has 0 spiro atoms. The molecule has 5 aliphatic carbocycles. The van der Waals surface area contributed by atoms with Gasteiger partial charge in [-0.25, -0.2) is 0 Å². The lowest BCUT2D eigenvalue weighted by Crippen LogP contribution is -2.47. The van der Waals surface area contributed by atoms with E-state index in [1.165, 1.54) is 16.2 Å². The monoisotopic (exact) mass is 442 g/mol. The number of allylic oxidation sites excluding steroid dienone is 2. The van der Waals surface area contributed by atoms with E-state index >= 15 is 0 Å². The molecule has 31 heavy (non-hydrogen) atoms. The van der Waals surface area contributed by atoms with Crippen LogP contribution in [0.1, 0.15) is 66.2 Å². The van der Waals surface area contributed by atoms with Crippen molar-refractivity contribution in [2.45, 2.75) is 64.3 Å². The van der Waals surface area contributed by atoms with Gasteiger partial charge in [0, 0.05) is 10.9 Å². The summed E-state index contributed by atoms with van der Waals surface area (Å²) in [5, 5.41) is 16.5. The van der Waals surface area contributed by atoms with Gasteiger partial charge in [-0.05, 0) is 68.3 Å². The molecule has 1 aromatic heterocycles. The summed E-state index contributed by atoms with van der Waals surface area (Å²) in [7, 11) is 0. The fraction of sp³-hybridized carbons (Fsp3) is 0.625. The molecule has 7 heteroatoms. The van der Waals surface area contributed by atoms with Crippen molar-refractivity contribution in [2.24, 2.45) is 29.6 Å². The number of aliphatic carboxylic acids is 1. The molecule has 0 aliphatic heterocycles. The average molecular weight is 443 g/mol. The summed E-state index contributed by atoms with van der Waals surface area (Å²) in [5.41, 5.74) is 1.71. The second-order valence-electron chi connectivity index (χ2n) is 9.64. The quantitative estimate of drug-likeness (QED) is 0.580. The first-order valence-electron chi connectivity index (χ1n) is 11.6. The van der Waals surface area contributed by atoms with Crippen molar-refractivity contribution in [1.82, 2.24) is 5.32 Å². The van der Waals surface area contributed by atoms with Crippen LogP contribution in [0.2, 0.25) is 0 Å². The molecule has 0 aromatic carbocycles. The van der Waals surface area contributed by atoms with Gasteiger partial charge in [0.2, 0.25) is 5.91 Å². The normalized spacial score (nSPS) is 31.2. The van der Waals surface area contributed by atoms with Gasteiger partial charge in [0.15, 0.2) is 0 Å². The lowest BCUT2D eigenvalue weighted by molar-refractivity contribution is -0.151. The number of carbonyl (C=O) groups excluding carboxylic acids is 2. The van der Waals surface area contributed by atoms with E-state index in [-0.39, 0.29) is 29.7 Å². The van der Waals surface area contributed by atoms with E-state index < -0.39 is 17.8 Å². The Bertz CT molecular complexity index is 948. The molecule has 6 rings (SSSR count). The van der Waals surface area contributed by atoms with Crippen molar-refractivity contribution in [2.75, 3.05) is 5.32 Å². The van der Waals surface area contributed by atoms with Gasteiger partial charge >= 0.3 is 5.97 Å². The number of thiophene rings is 1. The van der Waals surface area contributed by atoms with Crippen LogP contribution >= 0.6 is 11.3 Å².